The van der Waals surface area contributed by atoms with Gasteiger partial charge in [-0.2, -0.15) is 0 Å². The molecule has 25 atom stereocenters. The van der Waals surface area contributed by atoms with E-state index in [1.165, 1.54) is 0 Å². The summed E-state index contributed by atoms with van der Waals surface area (Å²) < 4.78 is 49.8. The summed E-state index contributed by atoms with van der Waals surface area (Å²) in [4.78, 5) is 11.8. The highest BCUT2D eigenvalue weighted by Crippen LogP contribution is 2.34. The second kappa shape index (κ2) is 20.8. The van der Waals surface area contributed by atoms with E-state index < -0.39 is 192 Å². The fourth-order valence-electron chi connectivity index (χ4n) is 7.22. The van der Waals surface area contributed by atoms with Gasteiger partial charge in [0, 0.05) is 6.92 Å². The number of hydrogen-bond acceptors (Lipinski definition) is 26. The number of carbonyl (C=O) groups is 1. The van der Waals surface area contributed by atoms with Crippen molar-refractivity contribution in [1.29, 1.82) is 0 Å². The van der Waals surface area contributed by atoms with E-state index in [4.69, 9.17) is 42.6 Å². The van der Waals surface area contributed by atoms with Crippen LogP contribution >= 0.6 is 0 Å². The van der Waals surface area contributed by atoms with Gasteiger partial charge in [-0.1, -0.05) is 0 Å². The van der Waals surface area contributed by atoms with E-state index in [2.05, 4.69) is 5.32 Å². The average molecular weight is 870 g/mol. The zero-order valence-electron chi connectivity index (χ0n) is 31.2. The molecule has 5 rings (SSSR count). The Bertz CT molecular complexity index is 1320. The molecule has 27 nitrogen and oxygen atoms in total. The molecule has 5 heterocycles. The van der Waals surface area contributed by atoms with Crippen molar-refractivity contribution in [3.05, 3.63) is 0 Å². The molecule has 5 aliphatic heterocycles. The van der Waals surface area contributed by atoms with Crippen LogP contribution in [0.25, 0.3) is 0 Å². The highest BCUT2D eigenvalue weighted by Gasteiger charge is 2.55. The van der Waals surface area contributed by atoms with Crippen LogP contribution in [0.15, 0.2) is 0 Å². The molecule has 5 aliphatic rings. The van der Waals surface area contributed by atoms with E-state index >= 15 is 0 Å². The highest BCUT2D eigenvalue weighted by molar-refractivity contribution is 5.73. The number of carbonyl (C=O) groups excluding carboxylic acids is 1. The van der Waals surface area contributed by atoms with Gasteiger partial charge >= 0.3 is 0 Å². The Morgan fingerprint density at radius 1 is 0.441 bits per heavy atom. The maximum atomic E-state index is 11.8. The van der Waals surface area contributed by atoms with E-state index in [9.17, 15) is 86.5 Å². The van der Waals surface area contributed by atoms with Crippen molar-refractivity contribution >= 4 is 5.91 Å². The molecule has 0 bridgehead atoms. The molecule has 0 aromatic rings. The van der Waals surface area contributed by atoms with Crippen molar-refractivity contribution < 1.29 is 129 Å². The number of nitrogens with one attached hydrogen (secondary N) is 1. The van der Waals surface area contributed by atoms with E-state index in [0.29, 0.717) is 0 Å². The van der Waals surface area contributed by atoms with Gasteiger partial charge in [0.25, 0.3) is 0 Å². The normalized spacial score (nSPS) is 51.0. The summed E-state index contributed by atoms with van der Waals surface area (Å²) in [5.41, 5.74) is 0. The molecule has 59 heavy (non-hydrogen) atoms. The Morgan fingerprint density at radius 2 is 0.831 bits per heavy atom. The highest BCUT2D eigenvalue weighted by atomic mass is 16.8. The molecular weight excluding hydrogens is 814 g/mol. The minimum atomic E-state index is -2.14. The molecule has 0 radical (unpaired) electrons. The maximum Gasteiger partial charge on any atom is 0.217 e. The number of aliphatic hydroxyl groups excluding tert-OH is 16. The minimum absolute atomic E-state index is 0.715. The third-order valence-electron chi connectivity index (χ3n) is 10.7. The standard InChI is InChI=1S/C32H55NO26/c1-7(37)33-13-18(42)26(10(4-36)53-28(13)50)58-32-25(49)27(59-31-24(48)20(44)15(39)9(3-35)55-31)17(41)12(57-32)6-52-30-23(47)21(45)16(40)11(56-30)5-51-29-22(46)19(43)14(38)8(2-34)54-29/h8-32,34-36,38-50H,2-6H2,1H3,(H,33,37)/t8-,9-,10-,11-,12-,13-,14-,15-,16-,17-,18-,19+,20+,21+,22+,23+,24+,25+,26-,27+,28?,29+,30+,31-,32+/m1/s1. The number of rotatable bonds is 14. The zero-order valence-corrected chi connectivity index (χ0v) is 31.2. The lowest BCUT2D eigenvalue weighted by Gasteiger charge is -2.48. The molecular formula is C32H55NO26. The van der Waals surface area contributed by atoms with Crippen LogP contribution in [0.5, 0.6) is 0 Å². The fraction of sp³-hybridized carbons (Fsp3) is 0.969. The van der Waals surface area contributed by atoms with E-state index in [0.717, 1.165) is 6.92 Å². The molecule has 0 aliphatic carbocycles. The van der Waals surface area contributed by atoms with Crippen LogP contribution in [0.2, 0.25) is 0 Å². The van der Waals surface area contributed by atoms with Gasteiger partial charge in [-0.3, -0.25) is 4.79 Å². The molecule has 0 spiro atoms. The van der Waals surface area contributed by atoms with Gasteiger partial charge in [-0.05, 0) is 0 Å². The molecule has 27 heteroatoms. The van der Waals surface area contributed by atoms with Crippen molar-refractivity contribution in [3.63, 3.8) is 0 Å². The number of amides is 1. The quantitative estimate of drug-likeness (QED) is 0.0770. The van der Waals surface area contributed by atoms with Gasteiger partial charge in [0.2, 0.25) is 5.91 Å². The summed E-state index contributed by atoms with van der Waals surface area (Å²) in [5, 5.41) is 169. The lowest BCUT2D eigenvalue weighted by molar-refractivity contribution is -0.380. The predicted octanol–water partition coefficient (Wildman–Crippen LogP) is -11.8. The summed E-state index contributed by atoms with van der Waals surface area (Å²) >= 11 is 0. The predicted molar refractivity (Wildman–Crippen MR) is 178 cm³/mol. The Morgan fingerprint density at radius 3 is 1.32 bits per heavy atom. The van der Waals surface area contributed by atoms with Crippen LogP contribution in [0, 0.1) is 0 Å². The lowest BCUT2D eigenvalue weighted by atomic mass is 9.95. The van der Waals surface area contributed by atoms with E-state index in [-0.39, 0.29) is 0 Å². The van der Waals surface area contributed by atoms with Gasteiger partial charge < -0.3 is 130 Å². The Labute approximate surface area is 333 Å². The van der Waals surface area contributed by atoms with E-state index in [1.54, 1.807) is 0 Å². The first-order chi connectivity index (χ1) is 27.8. The van der Waals surface area contributed by atoms with Gasteiger partial charge in [-0.15, -0.1) is 0 Å². The first kappa shape index (κ1) is 48.5. The van der Waals surface area contributed by atoms with Crippen LogP contribution in [-0.4, -0.2) is 274 Å². The van der Waals surface area contributed by atoms with E-state index in [1.807, 2.05) is 0 Å². The smallest absolute Gasteiger partial charge is 0.217 e. The molecule has 5 fully saturated rings. The molecule has 1 amide bonds. The second-order valence-corrected chi connectivity index (χ2v) is 14.8. The molecule has 0 aromatic carbocycles. The third kappa shape index (κ3) is 10.5. The summed E-state index contributed by atoms with van der Waals surface area (Å²) in [6.07, 6.45) is -43.9. The SMILES string of the molecule is CC(=O)N[C@H]1C(O)O[C@H](CO)[C@@H](O[C@@H]2O[C@H](CO[C@H]3O[C@H](CO[C@H]4O[C@H](CO)[C@@H](O)[C@H](O)[C@@H]4O)[C@@H](O)[C@H](O)[C@@H]3O)[C@@H](O)[C@H](O[C@H]3O[C@H](CO)[C@@H](O)[C@H](O)[C@@H]3O)[C@@H]2O)[C@@H]1O. The molecule has 344 valence electrons. The minimum Gasteiger partial charge on any atom is -0.394 e. The Balaban J connectivity index is 1.34. The monoisotopic (exact) mass is 869 g/mol. The van der Waals surface area contributed by atoms with Crippen LogP contribution in [0.3, 0.4) is 0 Å². The van der Waals surface area contributed by atoms with Crippen molar-refractivity contribution in [2.45, 2.75) is 160 Å². The van der Waals surface area contributed by atoms with Crippen LogP contribution < -0.4 is 5.32 Å². The summed E-state index contributed by atoms with van der Waals surface area (Å²) in [7, 11) is 0. The molecule has 17 N–H and O–H groups in total. The second-order valence-electron chi connectivity index (χ2n) is 14.8. The zero-order chi connectivity index (χ0) is 43.6. The van der Waals surface area contributed by atoms with Crippen LogP contribution in [-0.2, 0) is 47.4 Å². The van der Waals surface area contributed by atoms with Crippen LogP contribution in [0.4, 0.5) is 0 Å². The molecule has 5 saturated heterocycles. The van der Waals surface area contributed by atoms with Crippen molar-refractivity contribution in [3.8, 4) is 0 Å². The number of hydrogen-bond donors (Lipinski definition) is 17. The van der Waals surface area contributed by atoms with Crippen LogP contribution in [0.1, 0.15) is 6.92 Å². The Kier molecular flexibility index (Phi) is 17.1. The lowest BCUT2D eigenvalue weighted by Crippen LogP contribution is -2.68. The summed E-state index contributed by atoms with van der Waals surface area (Å²) in [6, 6.07) is -1.55. The number of aliphatic hydroxyl groups is 16. The Hall–Kier alpha value is -1.53. The molecule has 0 saturated carbocycles. The van der Waals surface area contributed by atoms with Crippen molar-refractivity contribution in [2.24, 2.45) is 0 Å². The first-order valence-electron chi connectivity index (χ1n) is 18.6. The summed E-state index contributed by atoms with van der Waals surface area (Å²) in [6.45, 7) is -3.09. The summed E-state index contributed by atoms with van der Waals surface area (Å²) in [5.74, 6) is -0.715. The van der Waals surface area contributed by atoms with Crippen molar-refractivity contribution in [1.82, 2.24) is 5.32 Å². The van der Waals surface area contributed by atoms with Gasteiger partial charge in [-0.25, -0.2) is 0 Å². The number of ether oxygens (including phenoxy) is 9. The molecule has 1 unspecified atom stereocenters. The van der Waals surface area contributed by atoms with Crippen molar-refractivity contribution in [2.75, 3.05) is 33.0 Å². The fourth-order valence-corrected chi connectivity index (χ4v) is 7.22. The average Bonchev–Trinajstić information content (AvgIpc) is 3.21. The largest absolute Gasteiger partial charge is 0.394 e. The topological polar surface area (TPSA) is 436 Å². The van der Waals surface area contributed by atoms with Gasteiger partial charge in [0.1, 0.15) is 122 Å². The third-order valence-corrected chi connectivity index (χ3v) is 10.7. The van der Waals surface area contributed by atoms with Gasteiger partial charge in [0.05, 0.1) is 33.0 Å². The van der Waals surface area contributed by atoms with Gasteiger partial charge in [0.15, 0.2) is 31.5 Å². The maximum absolute atomic E-state index is 11.8. The first-order valence-corrected chi connectivity index (χ1v) is 18.6. The molecule has 0 aromatic heterocycles.